The number of carboxylic acid groups (broad SMARTS) is 1. The van der Waals surface area contributed by atoms with E-state index in [0.717, 1.165) is 0 Å². The summed E-state index contributed by atoms with van der Waals surface area (Å²) in [5.41, 5.74) is 0.591. The molecule has 1 aromatic rings. The smallest absolute Gasteiger partial charge is 0.303 e. The summed E-state index contributed by atoms with van der Waals surface area (Å²) in [5.74, 6) is -1.16. The summed E-state index contributed by atoms with van der Waals surface area (Å²) >= 11 is 17.7. The molecule has 0 saturated carbocycles. The molecule has 0 spiro atoms. The molecule has 1 atom stereocenters. The van der Waals surface area contributed by atoms with Gasteiger partial charge in [-0.15, -0.1) is 0 Å². The fourth-order valence-electron chi connectivity index (χ4n) is 1.36. The monoisotopic (exact) mass is 266 g/mol. The van der Waals surface area contributed by atoms with Gasteiger partial charge in [-0.3, -0.25) is 4.79 Å². The van der Waals surface area contributed by atoms with Crippen molar-refractivity contribution >= 4 is 40.8 Å². The standard InChI is InChI=1S/C10H9Cl3O2/c1-5(4-8(14)15)9-6(11)2-3-7(12)10(9)13/h2-3,5H,4H2,1H3,(H,14,15). The highest BCUT2D eigenvalue weighted by Gasteiger charge is 2.18. The molecule has 82 valence electrons. The number of carboxylic acids is 1. The molecule has 1 rings (SSSR count). The minimum absolute atomic E-state index is 0.0280. The molecule has 0 radical (unpaired) electrons. The lowest BCUT2D eigenvalue weighted by Gasteiger charge is -2.14. The van der Waals surface area contributed by atoms with Gasteiger partial charge in [-0.05, 0) is 23.6 Å². The normalized spacial score (nSPS) is 12.5. The third kappa shape index (κ3) is 3.00. The molecule has 15 heavy (non-hydrogen) atoms. The van der Waals surface area contributed by atoms with E-state index < -0.39 is 5.97 Å². The molecular formula is C10H9Cl3O2. The molecule has 0 heterocycles. The molecule has 1 N–H and O–H groups in total. The van der Waals surface area contributed by atoms with Crippen molar-refractivity contribution in [3.8, 4) is 0 Å². The first kappa shape index (κ1) is 12.6. The van der Waals surface area contributed by atoms with Gasteiger partial charge in [0.05, 0.1) is 16.5 Å². The van der Waals surface area contributed by atoms with E-state index in [1.165, 1.54) is 0 Å². The Balaban J connectivity index is 3.12. The van der Waals surface area contributed by atoms with Crippen molar-refractivity contribution in [2.45, 2.75) is 19.3 Å². The van der Waals surface area contributed by atoms with E-state index in [4.69, 9.17) is 39.9 Å². The molecule has 0 aliphatic heterocycles. The van der Waals surface area contributed by atoms with E-state index in [1.54, 1.807) is 19.1 Å². The van der Waals surface area contributed by atoms with Crippen LogP contribution in [0.2, 0.25) is 15.1 Å². The first-order valence-corrected chi connectivity index (χ1v) is 5.42. The Labute approximate surface area is 103 Å². The molecule has 0 bridgehead atoms. The van der Waals surface area contributed by atoms with Gasteiger partial charge in [0.2, 0.25) is 0 Å². The van der Waals surface area contributed by atoms with Crippen LogP contribution in [0.15, 0.2) is 12.1 Å². The van der Waals surface area contributed by atoms with Crippen LogP contribution in [-0.4, -0.2) is 11.1 Å². The molecule has 0 aliphatic rings. The van der Waals surface area contributed by atoms with Crippen molar-refractivity contribution in [1.82, 2.24) is 0 Å². The Morgan fingerprint density at radius 3 is 2.40 bits per heavy atom. The molecule has 0 aliphatic carbocycles. The Morgan fingerprint density at radius 1 is 1.33 bits per heavy atom. The summed E-state index contributed by atoms with van der Waals surface area (Å²) in [6.07, 6.45) is -0.0280. The van der Waals surface area contributed by atoms with E-state index in [-0.39, 0.29) is 12.3 Å². The molecule has 2 nitrogen and oxygen atoms in total. The fourth-order valence-corrected chi connectivity index (χ4v) is 2.27. The van der Waals surface area contributed by atoms with Crippen LogP contribution in [0.3, 0.4) is 0 Å². The van der Waals surface area contributed by atoms with Gasteiger partial charge in [0.15, 0.2) is 0 Å². The van der Waals surface area contributed by atoms with E-state index in [0.29, 0.717) is 20.6 Å². The quantitative estimate of drug-likeness (QED) is 0.832. The van der Waals surface area contributed by atoms with Crippen LogP contribution in [0.5, 0.6) is 0 Å². The average molecular weight is 268 g/mol. The van der Waals surface area contributed by atoms with Crippen molar-refractivity contribution in [1.29, 1.82) is 0 Å². The Bertz CT molecular complexity index is 390. The molecule has 1 unspecified atom stereocenters. The second kappa shape index (κ2) is 5.06. The largest absolute Gasteiger partial charge is 0.481 e. The third-order valence-corrected chi connectivity index (χ3v) is 3.20. The first-order chi connectivity index (χ1) is 6.93. The number of halogens is 3. The lowest BCUT2D eigenvalue weighted by atomic mass is 9.98. The highest BCUT2D eigenvalue weighted by atomic mass is 35.5. The maximum atomic E-state index is 10.6. The summed E-state index contributed by atoms with van der Waals surface area (Å²) in [6.45, 7) is 1.75. The van der Waals surface area contributed by atoms with Crippen molar-refractivity contribution in [3.05, 3.63) is 32.8 Å². The summed E-state index contributed by atoms with van der Waals surface area (Å²) in [4.78, 5) is 10.6. The Kier molecular flexibility index (Phi) is 4.26. The van der Waals surface area contributed by atoms with Crippen LogP contribution in [0.1, 0.15) is 24.8 Å². The van der Waals surface area contributed by atoms with Crippen LogP contribution in [0, 0.1) is 0 Å². The zero-order valence-corrected chi connectivity index (χ0v) is 10.2. The van der Waals surface area contributed by atoms with Crippen LogP contribution in [-0.2, 0) is 4.79 Å². The molecule has 1 aromatic carbocycles. The molecule has 0 amide bonds. The second-order valence-corrected chi connectivity index (χ2v) is 4.45. The number of carbonyl (C=O) groups is 1. The number of hydrogen-bond acceptors (Lipinski definition) is 1. The highest BCUT2D eigenvalue weighted by molar-refractivity contribution is 6.44. The second-order valence-electron chi connectivity index (χ2n) is 3.26. The Morgan fingerprint density at radius 2 is 1.87 bits per heavy atom. The SMILES string of the molecule is CC(CC(=O)O)c1c(Cl)ccc(Cl)c1Cl. The minimum atomic E-state index is -0.894. The van der Waals surface area contributed by atoms with Crippen molar-refractivity contribution in [3.63, 3.8) is 0 Å². The Hall–Kier alpha value is -0.440. The molecule has 0 fully saturated rings. The zero-order valence-electron chi connectivity index (χ0n) is 7.93. The van der Waals surface area contributed by atoms with Gasteiger partial charge >= 0.3 is 5.97 Å². The number of rotatable bonds is 3. The van der Waals surface area contributed by atoms with Crippen LogP contribution in [0.25, 0.3) is 0 Å². The fraction of sp³-hybridized carbons (Fsp3) is 0.300. The summed E-state index contributed by atoms with van der Waals surface area (Å²) in [5, 5.41) is 9.83. The van der Waals surface area contributed by atoms with Gasteiger partial charge in [0.25, 0.3) is 0 Å². The van der Waals surface area contributed by atoms with Gasteiger partial charge in [0, 0.05) is 5.02 Å². The third-order valence-electron chi connectivity index (χ3n) is 2.05. The predicted molar refractivity (Wildman–Crippen MR) is 62.1 cm³/mol. The molecular weight excluding hydrogens is 258 g/mol. The summed E-state index contributed by atoms with van der Waals surface area (Å²) in [7, 11) is 0. The maximum Gasteiger partial charge on any atom is 0.303 e. The lowest BCUT2D eigenvalue weighted by molar-refractivity contribution is -0.137. The molecule has 0 aromatic heterocycles. The number of benzene rings is 1. The van der Waals surface area contributed by atoms with Gasteiger partial charge in [-0.1, -0.05) is 41.7 Å². The van der Waals surface area contributed by atoms with Crippen molar-refractivity contribution in [2.75, 3.05) is 0 Å². The summed E-state index contributed by atoms with van der Waals surface area (Å²) < 4.78 is 0. The molecule has 5 heteroatoms. The average Bonchev–Trinajstić information content (AvgIpc) is 2.11. The van der Waals surface area contributed by atoms with E-state index in [9.17, 15) is 4.79 Å². The molecule has 0 saturated heterocycles. The van der Waals surface area contributed by atoms with Gasteiger partial charge in [0.1, 0.15) is 0 Å². The maximum absolute atomic E-state index is 10.6. The zero-order chi connectivity index (χ0) is 11.6. The number of aliphatic carboxylic acids is 1. The van der Waals surface area contributed by atoms with Gasteiger partial charge in [-0.2, -0.15) is 0 Å². The van der Waals surface area contributed by atoms with Crippen molar-refractivity contribution in [2.24, 2.45) is 0 Å². The van der Waals surface area contributed by atoms with Crippen LogP contribution >= 0.6 is 34.8 Å². The van der Waals surface area contributed by atoms with Crippen LogP contribution in [0.4, 0.5) is 0 Å². The topological polar surface area (TPSA) is 37.3 Å². The number of hydrogen-bond donors (Lipinski definition) is 1. The predicted octanol–water partition coefficient (Wildman–Crippen LogP) is 4.23. The summed E-state index contributed by atoms with van der Waals surface area (Å²) in [6, 6.07) is 3.20. The highest BCUT2D eigenvalue weighted by Crippen LogP contribution is 2.37. The minimum Gasteiger partial charge on any atom is -0.481 e. The van der Waals surface area contributed by atoms with E-state index in [2.05, 4.69) is 0 Å². The van der Waals surface area contributed by atoms with Gasteiger partial charge < -0.3 is 5.11 Å². The first-order valence-electron chi connectivity index (χ1n) is 4.28. The van der Waals surface area contributed by atoms with E-state index in [1.807, 2.05) is 0 Å². The van der Waals surface area contributed by atoms with Gasteiger partial charge in [-0.25, -0.2) is 0 Å². The van der Waals surface area contributed by atoms with Crippen molar-refractivity contribution < 1.29 is 9.90 Å². The van der Waals surface area contributed by atoms with E-state index >= 15 is 0 Å². The lowest BCUT2D eigenvalue weighted by Crippen LogP contribution is -2.04. The van der Waals surface area contributed by atoms with Crippen LogP contribution < -0.4 is 0 Å².